The quantitative estimate of drug-likeness (QED) is 0.434. The molecule has 7 heteroatoms. The summed E-state index contributed by atoms with van der Waals surface area (Å²) >= 11 is 1.64. The fourth-order valence-electron chi connectivity index (χ4n) is 4.25. The summed E-state index contributed by atoms with van der Waals surface area (Å²) in [6.07, 6.45) is 1.63. The van der Waals surface area contributed by atoms with Gasteiger partial charge in [-0.2, -0.15) is 5.26 Å². The standard InChI is InChI=1S/C25H22FN5S/c1-17-2-4-18(5-3-17)21-15-32-25-23(21)24(28-16-29-25)31-12-10-30(11-13-31)22(14-27)19-6-8-20(26)9-7-19/h2-9,15-16,22H,10-13H2,1H3. The van der Waals surface area contributed by atoms with E-state index in [1.54, 1.807) is 29.8 Å². The molecular weight excluding hydrogens is 421 g/mol. The van der Waals surface area contributed by atoms with Crippen LogP contribution < -0.4 is 4.90 Å². The highest BCUT2D eigenvalue weighted by Crippen LogP contribution is 2.38. The van der Waals surface area contributed by atoms with Crippen LogP contribution in [-0.4, -0.2) is 41.0 Å². The molecule has 1 atom stereocenters. The van der Waals surface area contributed by atoms with Crippen LogP contribution in [0.1, 0.15) is 17.2 Å². The Kier molecular flexibility index (Phi) is 5.56. The molecule has 0 spiro atoms. The lowest BCUT2D eigenvalue weighted by Crippen LogP contribution is -2.47. The maximum Gasteiger partial charge on any atom is 0.141 e. The van der Waals surface area contributed by atoms with Crippen molar-refractivity contribution in [3.05, 3.63) is 77.2 Å². The number of nitrogens with zero attached hydrogens (tertiary/aromatic N) is 5. The number of fused-ring (bicyclic) bond motifs is 1. The summed E-state index contributed by atoms with van der Waals surface area (Å²) in [5.41, 5.74) is 4.38. The van der Waals surface area contributed by atoms with Crippen molar-refractivity contribution < 1.29 is 4.39 Å². The maximum absolute atomic E-state index is 13.3. The number of benzene rings is 2. The van der Waals surface area contributed by atoms with Gasteiger partial charge in [0.25, 0.3) is 0 Å². The van der Waals surface area contributed by atoms with Crippen LogP contribution in [0.3, 0.4) is 0 Å². The topological polar surface area (TPSA) is 56.1 Å². The predicted octanol–water partition coefficient (Wildman–Crippen LogP) is 5.19. The van der Waals surface area contributed by atoms with E-state index < -0.39 is 0 Å². The summed E-state index contributed by atoms with van der Waals surface area (Å²) in [4.78, 5) is 14.6. The van der Waals surface area contributed by atoms with Crippen molar-refractivity contribution in [1.29, 1.82) is 5.26 Å². The van der Waals surface area contributed by atoms with Gasteiger partial charge < -0.3 is 4.90 Å². The lowest BCUT2D eigenvalue weighted by molar-refractivity contribution is 0.222. The van der Waals surface area contributed by atoms with Crippen LogP contribution >= 0.6 is 11.3 Å². The SMILES string of the molecule is Cc1ccc(-c2csc3ncnc(N4CCN(C(C#N)c5ccc(F)cc5)CC4)c23)cc1. The average molecular weight is 444 g/mol. The van der Waals surface area contributed by atoms with Crippen LogP contribution in [-0.2, 0) is 0 Å². The molecule has 0 amide bonds. The Bertz CT molecular complexity index is 1270. The monoisotopic (exact) mass is 443 g/mol. The van der Waals surface area contributed by atoms with Crippen molar-refractivity contribution in [1.82, 2.24) is 14.9 Å². The highest BCUT2D eigenvalue weighted by molar-refractivity contribution is 7.17. The van der Waals surface area contributed by atoms with Gasteiger partial charge in [-0.25, -0.2) is 14.4 Å². The summed E-state index contributed by atoms with van der Waals surface area (Å²) in [7, 11) is 0. The largest absolute Gasteiger partial charge is 0.353 e. The average Bonchev–Trinajstić information content (AvgIpc) is 3.26. The Morgan fingerprint density at radius 3 is 2.41 bits per heavy atom. The van der Waals surface area contributed by atoms with E-state index in [4.69, 9.17) is 0 Å². The van der Waals surface area contributed by atoms with Gasteiger partial charge in [0.2, 0.25) is 0 Å². The van der Waals surface area contributed by atoms with E-state index in [9.17, 15) is 9.65 Å². The summed E-state index contributed by atoms with van der Waals surface area (Å²) in [5.74, 6) is 0.657. The van der Waals surface area contributed by atoms with E-state index in [-0.39, 0.29) is 11.9 Å². The number of rotatable bonds is 4. The molecule has 1 unspecified atom stereocenters. The molecule has 0 N–H and O–H groups in total. The second-order valence-corrected chi connectivity index (χ2v) is 8.86. The number of thiophene rings is 1. The Labute approximate surface area is 190 Å². The number of aryl methyl sites for hydroxylation is 1. The van der Waals surface area contributed by atoms with Crippen LogP contribution in [0.4, 0.5) is 10.2 Å². The van der Waals surface area contributed by atoms with Gasteiger partial charge in [-0.05, 0) is 30.2 Å². The highest BCUT2D eigenvalue weighted by Gasteiger charge is 2.27. The van der Waals surface area contributed by atoms with Crippen LogP contribution in [0.5, 0.6) is 0 Å². The van der Waals surface area contributed by atoms with Crippen molar-refractivity contribution >= 4 is 27.4 Å². The van der Waals surface area contributed by atoms with Crippen LogP contribution in [0, 0.1) is 24.1 Å². The molecule has 0 bridgehead atoms. The smallest absolute Gasteiger partial charge is 0.141 e. The fraction of sp³-hybridized carbons (Fsp3) is 0.240. The molecule has 1 aliphatic heterocycles. The van der Waals surface area contributed by atoms with E-state index in [0.717, 1.165) is 58.9 Å². The van der Waals surface area contributed by atoms with Crippen LogP contribution in [0.2, 0.25) is 0 Å². The van der Waals surface area contributed by atoms with E-state index in [0.29, 0.717) is 0 Å². The molecule has 4 aromatic rings. The van der Waals surface area contributed by atoms with Gasteiger partial charge in [0, 0.05) is 37.1 Å². The molecule has 5 rings (SSSR count). The lowest BCUT2D eigenvalue weighted by Gasteiger charge is -2.37. The first-order valence-corrected chi connectivity index (χ1v) is 11.5. The van der Waals surface area contributed by atoms with Gasteiger partial charge in [-0.3, -0.25) is 4.90 Å². The number of aromatic nitrogens is 2. The van der Waals surface area contributed by atoms with Gasteiger partial charge in [0.1, 0.15) is 28.8 Å². The molecule has 0 saturated carbocycles. The molecule has 1 fully saturated rings. The third-order valence-electron chi connectivity index (χ3n) is 6.00. The minimum atomic E-state index is -0.382. The van der Waals surface area contributed by atoms with E-state index >= 15 is 0 Å². The van der Waals surface area contributed by atoms with Crippen molar-refractivity contribution in [2.75, 3.05) is 31.1 Å². The highest BCUT2D eigenvalue weighted by atomic mass is 32.1. The van der Waals surface area contributed by atoms with Gasteiger partial charge in [0.05, 0.1) is 11.5 Å². The Morgan fingerprint density at radius 2 is 1.72 bits per heavy atom. The zero-order valence-corrected chi connectivity index (χ0v) is 18.5. The Balaban J connectivity index is 1.40. The van der Waals surface area contributed by atoms with Crippen molar-refractivity contribution in [2.45, 2.75) is 13.0 Å². The molecule has 5 nitrogen and oxygen atoms in total. The molecule has 160 valence electrons. The number of nitriles is 1. The van der Waals surface area contributed by atoms with Crippen molar-refractivity contribution in [2.24, 2.45) is 0 Å². The molecule has 1 saturated heterocycles. The van der Waals surface area contributed by atoms with Crippen LogP contribution in [0.15, 0.2) is 60.2 Å². The molecule has 0 radical (unpaired) electrons. The van der Waals surface area contributed by atoms with Gasteiger partial charge in [0.15, 0.2) is 0 Å². The lowest BCUT2D eigenvalue weighted by atomic mass is 10.0. The number of hydrogen-bond acceptors (Lipinski definition) is 6. The predicted molar refractivity (Wildman–Crippen MR) is 126 cm³/mol. The zero-order chi connectivity index (χ0) is 22.1. The molecule has 0 aliphatic carbocycles. The Hall–Kier alpha value is -3.34. The van der Waals surface area contributed by atoms with Crippen LogP contribution in [0.25, 0.3) is 21.3 Å². The second-order valence-electron chi connectivity index (χ2n) is 8.00. The Morgan fingerprint density at radius 1 is 1.00 bits per heavy atom. The third kappa shape index (κ3) is 3.83. The number of piperazine rings is 1. The first-order valence-electron chi connectivity index (χ1n) is 10.6. The number of anilines is 1. The van der Waals surface area contributed by atoms with Gasteiger partial charge in [-0.1, -0.05) is 42.0 Å². The summed E-state index contributed by atoms with van der Waals surface area (Å²) in [5, 5.41) is 13.0. The van der Waals surface area contributed by atoms with E-state index in [2.05, 4.69) is 62.4 Å². The van der Waals surface area contributed by atoms with E-state index in [1.807, 2.05) is 0 Å². The second kappa shape index (κ2) is 8.65. The molecular formula is C25H22FN5S. The first-order chi connectivity index (χ1) is 15.6. The summed E-state index contributed by atoms with van der Waals surface area (Å²) < 4.78 is 13.3. The number of halogens is 1. The van der Waals surface area contributed by atoms with E-state index in [1.165, 1.54) is 17.7 Å². The summed E-state index contributed by atoms with van der Waals surface area (Å²) in [6, 6.07) is 16.8. The van der Waals surface area contributed by atoms with Gasteiger partial charge >= 0.3 is 0 Å². The molecule has 3 heterocycles. The molecule has 2 aromatic carbocycles. The van der Waals surface area contributed by atoms with Gasteiger partial charge in [-0.15, -0.1) is 11.3 Å². The first kappa shape index (κ1) is 20.6. The minimum absolute atomic E-state index is 0.289. The number of hydrogen-bond donors (Lipinski definition) is 0. The third-order valence-corrected chi connectivity index (χ3v) is 6.89. The fourth-order valence-corrected chi connectivity index (χ4v) is 5.16. The van der Waals surface area contributed by atoms with Crippen molar-refractivity contribution in [3.63, 3.8) is 0 Å². The zero-order valence-electron chi connectivity index (χ0n) is 17.7. The summed E-state index contributed by atoms with van der Waals surface area (Å²) in [6.45, 7) is 5.06. The normalized spacial score (nSPS) is 15.6. The molecule has 32 heavy (non-hydrogen) atoms. The minimum Gasteiger partial charge on any atom is -0.353 e. The maximum atomic E-state index is 13.3. The molecule has 2 aromatic heterocycles. The molecule has 1 aliphatic rings. The van der Waals surface area contributed by atoms with Crippen molar-refractivity contribution in [3.8, 4) is 17.2 Å².